The van der Waals surface area contributed by atoms with Crippen LogP contribution in [0.25, 0.3) is 0 Å². The van der Waals surface area contributed by atoms with Gasteiger partial charge in [0.2, 0.25) is 11.8 Å². The second kappa shape index (κ2) is 12.3. The quantitative estimate of drug-likeness (QED) is 0.407. The van der Waals surface area contributed by atoms with Gasteiger partial charge in [-0.3, -0.25) is 9.59 Å². The summed E-state index contributed by atoms with van der Waals surface area (Å²) in [6.45, 7) is 25.0. The molecule has 0 spiro atoms. The fourth-order valence-electron chi connectivity index (χ4n) is 4.28. The van der Waals surface area contributed by atoms with Crippen LogP contribution in [0.2, 0.25) is 0 Å². The second-order valence-corrected chi connectivity index (χ2v) is 13.3. The molecule has 7 nitrogen and oxygen atoms in total. The molecule has 0 aliphatic rings. The smallest absolute Gasteiger partial charge is 0.408 e. The minimum Gasteiger partial charge on any atom is -0.444 e. The van der Waals surface area contributed by atoms with E-state index in [4.69, 9.17) is 4.74 Å². The van der Waals surface area contributed by atoms with Gasteiger partial charge in [0.25, 0.3) is 0 Å². The third-order valence-corrected chi connectivity index (χ3v) is 6.02. The zero-order valence-corrected chi connectivity index (χ0v) is 25.5. The van der Waals surface area contributed by atoms with Gasteiger partial charge >= 0.3 is 6.09 Å². The van der Waals surface area contributed by atoms with Crippen molar-refractivity contribution in [2.45, 2.75) is 132 Å². The van der Waals surface area contributed by atoms with Crippen molar-refractivity contribution in [2.24, 2.45) is 5.92 Å². The number of nitrogens with one attached hydrogen (secondary N) is 2. The van der Waals surface area contributed by atoms with Gasteiger partial charge in [-0.05, 0) is 93.6 Å². The highest BCUT2D eigenvalue weighted by Crippen LogP contribution is 2.34. The number of hydrogen-bond donors (Lipinski definition) is 2. The summed E-state index contributed by atoms with van der Waals surface area (Å²) in [5.41, 5.74) is 0.887. The average molecular weight is 518 g/mol. The third kappa shape index (κ3) is 10.4. The summed E-state index contributed by atoms with van der Waals surface area (Å²) in [5, 5.41) is 5.91. The van der Waals surface area contributed by atoms with E-state index < -0.39 is 34.9 Å². The Morgan fingerprint density at radius 3 is 1.84 bits per heavy atom. The van der Waals surface area contributed by atoms with Crippen LogP contribution in [0, 0.1) is 19.8 Å². The monoisotopic (exact) mass is 517 g/mol. The molecule has 2 atom stereocenters. The van der Waals surface area contributed by atoms with Crippen molar-refractivity contribution in [3.63, 3.8) is 0 Å². The molecule has 0 aliphatic carbocycles. The summed E-state index contributed by atoms with van der Waals surface area (Å²) in [7, 11) is 0. The number of carbonyl (C=O) groups excluding carboxylic acids is 3. The first-order chi connectivity index (χ1) is 16.7. The number of nitrogens with zero attached hydrogens (tertiary/aromatic N) is 1. The third-order valence-electron chi connectivity index (χ3n) is 6.02. The van der Waals surface area contributed by atoms with Gasteiger partial charge in [-0.15, -0.1) is 0 Å². The molecular formula is C30H51N3O4. The van der Waals surface area contributed by atoms with Gasteiger partial charge in [-0.25, -0.2) is 4.79 Å². The predicted octanol–water partition coefficient (Wildman–Crippen LogP) is 6.22. The van der Waals surface area contributed by atoms with Gasteiger partial charge in [0.15, 0.2) is 0 Å². The first-order valence-corrected chi connectivity index (χ1v) is 13.4. The number of rotatable bonds is 9. The molecule has 0 bridgehead atoms. The topological polar surface area (TPSA) is 87.7 Å². The molecule has 7 heteroatoms. The lowest BCUT2D eigenvalue weighted by molar-refractivity contribution is -0.150. The molecule has 1 aromatic carbocycles. The lowest BCUT2D eigenvalue weighted by Crippen LogP contribution is -2.60. The van der Waals surface area contributed by atoms with Crippen molar-refractivity contribution in [3.05, 3.63) is 34.9 Å². The van der Waals surface area contributed by atoms with E-state index in [0.717, 1.165) is 16.7 Å². The molecule has 0 saturated carbocycles. The highest BCUT2D eigenvalue weighted by molar-refractivity contribution is 5.93. The van der Waals surface area contributed by atoms with E-state index in [9.17, 15) is 14.4 Å². The van der Waals surface area contributed by atoms with Crippen LogP contribution in [0.1, 0.15) is 112 Å². The van der Waals surface area contributed by atoms with Crippen LogP contribution in [0.5, 0.6) is 0 Å². The number of alkyl carbamates (subject to hydrolysis) is 1. The first kappa shape index (κ1) is 32.5. The minimum absolute atomic E-state index is 0.124. The number of carbonyl (C=O) groups is 3. The van der Waals surface area contributed by atoms with Crippen LogP contribution < -0.4 is 10.6 Å². The van der Waals surface area contributed by atoms with Gasteiger partial charge in [0, 0.05) is 11.1 Å². The van der Waals surface area contributed by atoms with Gasteiger partial charge in [0.05, 0.1) is 0 Å². The molecule has 3 amide bonds. The zero-order chi connectivity index (χ0) is 28.9. The summed E-state index contributed by atoms with van der Waals surface area (Å²) in [6, 6.07) is 4.24. The Bertz CT molecular complexity index is 934. The van der Waals surface area contributed by atoms with Crippen LogP contribution in [0.3, 0.4) is 0 Å². The Morgan fingerprint density at radius 2 is 1.43 bits per heavy atom. The maximum absolute atomic E-state index is 14.4. The Hall–Kier alpha value is -2.57. The highest BCUT2D eigenvalue weighted by atomic mass is 16.6. The zero-order valence-electron chi connectivity index (χ0n) is 25.5. The second-order valence-electron chi connectivity index (χ2n) is 13.3. The molecule has 2 N–H and O–H groups in total. The summed E-state index contributed by atoms with van der Waals surface area (Å²) in [6.07, 6.45) is 0.376. The Labute approximate surface area is 225 Å². The van der Waals surface area contributed by atoms with Crippen molar-refractivity contribution in [3.8, 4) is 0 Å². The van der Waals surface area contributed by atoms with Crippen LogP contribution in [-0.4, -0.2) is 45.5 Å². The molecule has 210 valence electrons. The molecule has 0 aliphatic heterocycles. The van der Waals surface area contributed by atoms with Crippen molar-refractivity contribution < 1.29 is 19.1 Å². The maximum Gasteiger partial charge on any atom is 0.408 e. The first-order valence-electron chi connectivity index (χ1n) is 13.4. The van der Waals surface area contributed by atoms with Gasteiger partial charge < -0.3 is 20.3 Å². The van der Waals surface area contributed by atoms with Gasteiger partial charge in [-0.1, -0.05) is 50.1 Å². The summed E-state index contributed by atoms with van der Waals surface area (Å²) >= 11 is 0. The van der Waals surface area contributed by atoms with Crippen molar-refractivity contribution in [1.82, 2.24) is 15.5 Å². The van der Waals surface area contributed by atoms with Gasteiger partial charge in [-0.2, -0.15) is 0 Å². The van der Waals surface area contributed by atoms with E-state index in [0.29, 0.717) is 12.8 Å². The molecule has 2 unspecified atom stereocenters. The fraction of sp³-hybridized carbons (Fsp3) is 0.700. The van der Waals surface area contributed by atoms with Crippen LogP contribution in [0.15, 0.2) is 18.2 Å². The Kier molecular flexibility index (Phi) is 10.8. The van der Waals surface area contributed by atoms with Crippen LogP contribution in [-0.2, 0) is 14.3 Å². The summed E-state index contributed by atoms with van der Waals surface area (Å²) < 4.78 is 5.48. The average Bonchev–Trinajstić information content (AvgIpc) is 2.66. The fourth-order valence-corrected chi connectivity index (χ4v) is 4.28. The lowest BCUT2D eigenvalue weighted by Gasteiger charge is -2.45. The SMILES string of the molecule is CCC(C)(C)N(C(=O)C(CC(C)C)NC(=O)OC(C)(C)C)C(C(=O)NC(C)(C)C)c1cc(C)cc(C)c1. The maximum atomic E-state index is 14.4. The van der Waals surface area contributed by atoms with E-state index >= 15 is 0 Å². The number of amides is 3. The van der Waals surface area contributed by atoms with Crippen LogP contribution >= 0.6 is 0 Å². The molecule has 0 aromatic heterocycles. The molecule has 0 fully saturated rings. The highest BCUT2D eigenvalue weighted by Gasteiger charge is 2.44. The molecule has 0 saturated heterocycles. The number of benzene rings is 1. The predicted molar refractivity (Wildman–Crippen MR) is 150 cm³/mol. The molecule has 0 heterocycles. The molecule has 1 rings (SSSR count). The molecule has 1 aromatic rings. The number of aryl methyl sites for hydroxylation is 2. The van der Waals surface area contributed by atoms with E-state index in [1.165, 1.54) is 0 Å². The van der Waals surface area contributed by atoms with Crippen LogP contribution in [0.4, 0.5) is 4.79 Å². The Morgan fingerprint density at radius 1 is 0.919 bits per heavy atom. The molecular weight excluding hydrogens is 466 g/mol. The molecule has 37 heavy (non-hydrogen) atoms. The van der Waals surface area contributed by atoms with E-state index in [-0.39, 0.29) is 17.7 Å². The lowest BCUT2D eigenvalue weighted by atomic mass is 9.89. The van der Waals surface area contributed by atoms with E-state index in [1.54, 1.807) is 25.7 Å². The minimum atomic E-state index is -0.879. The van der Waals surface area contributed by atoms with Gasteiger partial charge in [0.1, 0.15) is 17.7 Å². The summed E-state index contributed by atoms with van der Waals surface area (Å²) in [4.78, 5) is 42.8. The van der Waals surface area contributed by atoms with Crippen molar-refractivity contribution in [2.75, 3.05) is 0 Å². The van der Waals surface area contributed by atoms with E-state index in [2.05, 4.69) is 10.6 Å². The Balaban J connectivity index is 3.75. The largest absolute Gasteiger partial charge is 0.444 e. The number of ether oxygens (including phenoxy) is 1. The standard InChI is InChI=1S/C30H51N3O4/c1-14-30(12,13)33(26(35)23(15-19(2)3)31-27(36)37-29(9,10)11)24(25(34)32-28(6,7)8)22-17-20(4)16-21(5)18-22/h16-19,23-24H,14-15H2,1-13H3,(H,31,36)(H,32,34). The number of hydrogen-bond acceptors (Lipinski definition) is 4. The normalized spacial score (nSPS) is 14.1. The van der Waals surface area contributed by atoms with E-state index in [1.807, 2.05) is 87.4 Å². The molecule has 0 radical (unpaired) electrons. The van der Waals surface area contributed by atoms with Crippen molar-refractivity contribution in [1.29, 1.82) is 0 Å². The summed E-state index contributed by atoms with van der Waals surface area (Å²) in [5.74, 6) is -0.439. The van der Waals surface area contributed by atoms with Crippen molar-refractivity contribution >= 4 is 17.9 Å².